The molecule has 33 heavy (non-hydrogen) atoms. The zero-order valence-electron chi connectivity index (χ0n) is 19.1. The van der Waals surface area contributed by atoms with Crippen LogP contribution in [0.1, 0.15) is 39.0 Å². The normalized spacial score (nSPS) is 19.8. The molecule has 4 nitrogen and oxygen atoms in total. The van der Waals surface area contributed by atoms with Crippen LogP contribution < -0.4 is 15.6 Å². The van der Waals surface area contributed by atoms with E-state index in [1.54, 1.807) is 4.57 Å². The summed E-state index contributed by atoms with van der Waals surface area (Å²) in [7, 11) is -3.17. The maximum atomic E-state index is 14.3. The average molecular weight is 455 g/mol. The van der Waals surface area contributed by atoms with E-state index in [4.69, 9.17) is 0 Å². The minimum atomic E-state index is -3.17. The number of urea groups is 1. The van der Waals surface area contributed by atoms with Gasteiger partial charge in [-0.3, -0.25) is 9.36 Å². The summed E-state index contributed by atoms with van der Waals surface area (Å²) in [5.41, 5.74) is 0. The molecular formula is C28H30N2O2Si. The molecule has 0 aromatic heterocycles. The smallest absolute Gasteiger partial charge is 0.310 e. The number of nitrogens with zero attached hydrogens (tertiary/aromatic N) is 2. The number of benzene rings is 3. The average Bonchev–Trinajstić information content (AvgIpc) is 3.11. The van der Waals surface area contributed by atoms with Crippen molar-refractivity contribution in [2.75, 3.05) is 0 Å². The van der Waals surface area contributed by atoms with E-state index in [0.717, 1.165) is 41.2 Å². The summed E-state index contributed by atoms with van der Waals surface area (Å²) >= 11 is 0. The van der Waals surface area contributed by atoms with E-state index in [2.05, 4.69) is 36.4 Å². The van der Waals surface area contributed by atoms with Crippen molar-refractivity contribution >= 4 is 35.7 Å². The molecule has 0 radical (unpaired) electrons. The molecule has 168 valence electrons. The minimum Gasteiger partial charge on any atom is -0.310 e. The molecule has 3 amide bonds. The molecule has 3 aromatic rings. The summed E-state index contributed by atoms with van der Waals surface area (Å²) in [6.07, 6.45) is 5.41. The van der Waals surface area contributed by atoms with Gasteiger partial charge in [0.1, 0.15) is 6.04 Å². The van der Waals surface area contributed by atoms with Crippen LogP contribution in [0.2, 0.25) is 0 Å². The van der Waals surface area contributed by atoms with Crippen LogP contribution in [0, 0.1) is 0 Å². The van der Waals surface area contributed by atoms with Crippen molar-refractivity contribution in [1.29, 1.82) is 0 Å². The molecule has 1 saturated carbocycles. The van der Waals surface area contributed by atoms with Gasteiger partial charge in [0.2, 0.25) is 5.91 Å². The van der Waals surface area contributed by atoms with Crippen LogP contribution in [0.25, 0.3) is 0 Å². The molecule has 1 aliphatic carbocycles. The highest BCUT2D eigenvalue weighted by Gasteiger charge is 2.58. The minimum absolute atomic E-state index is 0.0752. The number of carbonyl (C=O) groups excluding carboxylic acids is 2. The van der Waals surface area contributed by atoms with Crippen LogP contribution in [0.3, 0.4) is 0 Å². The second kappa shape index (κ2) is 8.98. The third-order valence-electron chi connectivity index (χ3n) is 7.29. The molecule has 2 fully saturated rings. The van der Waals surface area contributed by atoms with Crippen LogP contribution in [0.4, 0.5) is 4.79 Å². The number of carbonyl (C=O) groups is 2. The van der Waals surface area contributed by atoms with E-state index in [-0.39, 0.29) is 18.0 Å². The Bertz CT molecular complexity index is 1020. The highest BCUT2D eigenvalue weighted by Crippen LogP contribution is 2.32. The van der Waals surface area contributed by atoms with E-state index in [0.29, 0.717) is 0 Å². The molecule has 1 atom stereocenters. The Hall–Kier alpha value is -3.18. The van der Waals surface area contributed by atoms with Crippen molar-refractivity contribution in [3.8, 4) is 0 Å². The molecule has 5 rings (SSSR count). The van der Waals surface area contributed by atoms with Crippen molar-refractivity contribution < 1.29 is 9.59 Å². The summed E-state index contributed by atoms with van der Waals surface area (Å²) in [5, 5.41) is 3.13. The first-order valence-corrected chi connectivity index (χ1v) is 13.9. The Kier molecular flexibility index (Phi) is 5.90. The maximum absolute atomic E-state index is 14.3. The fourth-order valence-electron chi connectivity index (χ4n) is 5.75. The van der Waals surface area contributed by atoms with Crippen molar-refractivity contribution in [3.05, 3.63) is 91.0 Å². The summed E-state index contributed by atoms with van der Waals surface area (Å²) in [5.74, 6) is -0.0752. The summed E-state index contributed by atoms with van der Waals surface area (Å²) < 4.78 is 1.69. The SMILES string of the molecule is CC1C(=O)N([Si](c2ccccc2)(c2ccccc2)c2ccccc2)C(=O)N1C1CCCCC1. The van der Waals surface area contributed by atoms with Gasteiger partial charge >= 0.3 is 6.03 Å². The van der Waals surface area contributed by atoms with Gasteiger partial charge in [-0.25, -0.2) is 4.79 Å². The molecule has 1 aliphatic heterocycles. The lowest BCUT2D eigenvalue weighted by atomic mass is 9.94. The highest BCUT2D eigenvalue weighted by atomic mass is 28.3. The van der Waals surface area contributed by atoms with Gasteiger partial charge in [0.15, 0.2) is 0 Å². The number of imide groups is 1. The molecule has 1 heterocycles. The predicted octanol–water partition coefficient (Wildman–Crippen LogP) is 3.64. The van der Waals surface area contributed by atoms with Crippen LogP contribution in [-0.4, -0.2) is 41.7 Å². The van der Waals surface area contributed by atoms with Crippen molar-refractivity contribution in [2.24, 2.45) is 0 Å². The topological polar surface area (TPSA) is 40.6 Å². The molecule has 3 aromatic carbocycles. The van der Waals surface area contributed by atoms with E-state index >= 15 is 0 Å². The van der Waals surface area contributed by atoms with Gasteiger partial charge in [-0.05, 0) is 35.3 Å². The lowest BCUT2D eigenvalue weighted by Gasteiger charge is -2.40. The fraction of sp³-hybridized carbons (Fsp3) is 0.286. The van der Waals surface area contributed by atoms with Crippen molar-refractivity contribution in [1.82, 2.24) is 9.47 Å². The Morgan fingerprint density at radius 1 is 0.667 bits per heavy atom. The van der Waals surface area contributed by atoms with E-state index in [1.807, 2.05) is 66.4 Å². The maximum Gasteiger partial charge on any atom is 0.320 e. The van der Waals surface area contributed by atoms with Crippen molar-refractivity contribution in [3.63, 3.8) is 0 Å². The van der Waals surface area contributed by atoms with Gasteiger partial charge in [0.05, 0.1) is 0 Å². The first kappa shape index (κ1) is 21.7. The number of rotatable bonds is 5. The van der Waals surface area contributed by atoms with E-state index < -0.39 is 14.3 Å². The lowest BCUT2D eigenvalue weighted by Crippen LogP contribution is -2.78. The summed E-state index contributed by atoms with van der Waals surface area (Å²) in [6, 6.07) is 30.1. The largest absolute Gasteiger partial charge is 0.320 e. The molecular weight excluding hydrogens is 424 g/mol. The lowest BCUT2D eigenvalue weighted by molar-refractivity contribution is -0.125. The van der Waals surface area contributed by atoms with Crippen LogP contribution in [-0.2, 0) is 4.79 Å². The summed E-state index contributed by atoms with van der Waals surface area (Å²) in [6.45, 7) is 1.91. The van der Waals surface area contributed by atoms with Gasteiger partial charge < -0.3 is 4.90 Å². The Balaban J connectivity index is 1.76. The van der Waals surface area contributed by atoms with Gasteiger partial charge in [-0.15, -0.1) is 0 Å². The summed E-state index contributed by atoms with van der Waals surface area (Å²) in [4.78, 5) is 30.2. The molecule has 0 spiro atoms. The standard InChI is InChI=1S/C28H30N2O2Si/c1-22-27(31)30(28(32)29(22)23-14-6-2-7-15-23)33(24-16-8-3-9-17-24,25-18-10-4-11-19-25)26-20-12-5-13-21-26/h3-5,8-13,16-23H,2,6-7,14-15H2,1H3. The molecule has 1 unspecified atom stereocenters. The van der Waals surface area contributed by atoms with Crippen LogP contribution in [0.15, 0.2) is 91.0 Å². The predicted molar refractivity (Wildman–Crippen MR) is 134 cm³/mol. The molecule has 0 N–H and O–H groups in total. The number of amides is 3. The second-order valence-electron chi connectivity index (χ2n) is 9.14. The molecule has 2 aliphatic rings. The second-order valence-corrected chi connectivity index (χ2v) is 12.7. The third kappa shape index (κ3) is 3.51. The fourth-order valence-corrected chi connectivity index (χ4v) is 10.5. The van der Waals surface area contributed by atoms with E-state index in [9.17, 15) is 9.59 Å². The quantitative estimate of drug-likeness (QED) is 0.336. The van der Waals surface area contributed by atoms with Gasteiger partial charge in [0, 0.05) is 6.04 Å². The highest BCUT2D eigenvalue weighted by molar-refractivity contribution is 7.11. The molecule has 1 saturated heterocycles. The Morgan fingerprint density at radius 3 is 1.52 bits per heavy atom. The monoisotopic (exact) mass is 454 g/mol. The molecule has 5 heteroatoms. The molecule has 0 bridgehead atoms. The zero-order valence-corrected chi connectivity index (χ0v) is 20.1. The number of hydrogen-bond acceptors (Lipinski definition) is 2. The first-order valence-electron chi connectivity index (χ1n) is 12.0. The zero-order chi connectivity index (χ0) is 22.8. The number of hydrogen-bond donors (Lipinski definition) is 0. The Labute approximate surface area is 196 Å². The van der Waals surface area contributed by atoms with Crippen LogP contribution in [0.5, 0.6) is 0 Å². The first-order chi connectivity index (χ1) is 16.2. The van der Waals surface area contributed by atoms with E-state index in [1.165, 1.54) is 6.42 Å². The van der Waals surface area contributed by atoms with Crippen molar-refractivity contribution in [2.45, 2.75) is 51.1 Å². The van der Waals surface area contributed by atoms with Crippen LogP contribution >= 0.6 is 0 Å². The van der Waals surface area contributed by atoms with Gasteiger partial charge in [-0.2, -0.15) is 0 Å². The van der Waals surface area contributed by atoms with Gasteiger partial charge in [0.25, 0.3) is 8.24 Å². The van der Waals surface area contributed by atoms with Gasteiger partial charge in [-0.1, -0.05) is 110 Å². The Morgan fingerprint density at radius 2 is 1.09 bits per heavy atom. The third-order valence-corrected chi connectivity index (χ3v) is 11.9.